The molecule has 2 heterocycles. The highest BCUT2D eigenvalue weighted by Crippen LogP contribution is 2.25. The third-order valence-corrected chi connectivity index (χ3v) is 4.35. The number of piperazine rings is 1. The van der Waals surface area contributed by atoms with Crippen molar-refractivity contribution in [3.63, 3.8) is 0 Å². The van der Waals surface area contributed by atoms with Crippen molar-refractivity contribution >= 4 is 16.5 Å². The first-order valence-electron chi connectivity index (χ1n) is 6.56. The topological polar surface area (TPSA) is 31.4 Å². The van der Waals surface area contributed by atoms with Gasteiger partial charge in [0.2, 0.25) is 0 Å². The summed E-state index contributed by atoms with van der Waals surface area (Å²) in [6.07, 6.45) is -4.11. The minimum Gasteiger partial charge on any atom is -0.346 e. The van der Waals surface area contributed by atoms with Crippen LogP contribution in [0.1, 0.15) is 18.7 Å². The Kier molecular flexibility index (Phi) is 4.87. The van der Waals surface area contributed by atoms with E-state index >= 15 is 0 Å². The molecular weight excluding hydrogens is 289 g/mol. The highest BCUT2D eigenvalue weighted by molar-refractivity contribution is 7.13. The fraction of sp³-hybridized carbons (Fsp3) is 0.750. The van der Waals surface area contributed by atoms with Gasteiger partial charge in [-0.25, -0.2) is 4.98 Å². The molecule has 1 N–H and O–H groups in total. The van der Waals surface area contributed by atoms with E-state index in [4.69, 9.17) is 0 Å². The summed E-state index contributed by atoms with van der Waals surface area (Å²) in [5.74, 6) is 0. The Balaban J connectivity index is 1.89. The first-order valence-corrected chi connectivity index (χ1v) is 7.44. The smallest absolute Gasteiger partial charge is 0.346 e. The summed E-state index contributed by atoms with van der Waals surface area (Å²) >= 11 is 1.55. The second-order valence-corrected chi connectivity index (χ2v) is 5.78. The van der Waals surface area contributed by atoms with E-state index in [-0.39, 0.29) is 6.04 Å². The predicted molar refractivity (Wildman–Crippen MR) is 74.3 cm³/mol. The van der Waals surface area contributed by atoms with Crippen LogP contribution in [0.4, 0.5) is 18.3 Å². The van der Waals surface area contributed by atoms with Gasteiger partial charge >= 0.3 is 6.18 Å². The Morgan fingerprint density at radius 1 is 1.35 bits per heavy atom. The number of hydrogen-bond donors (Lipinski definition) is 1. The lowest BCUT2D eigenvalue weighted by atomic mass is 10.3. The largest absolute Gasteiger partial charge is 0.401 e. The van der Waals surface area contributed by atoms with Gasteiger partial charge in [0.05, 0.1) is 12.2 Å². The Hall–Kier alpha value is -0.860. The fourth-order valence-corrected chi connectivity index (χ4v) is 3.09. The number of nitrogens with one attached hydrogen (secondary N) is 1. The predicted octanol–water partition coefficient (Wildman–Crippen LogP) is 2.11. The molecule has 0 aromatic carbocycles. The van der Waals surface area contributed by atoms with E-state index in [1.807, 2.05) is 19.4 Å². The normalized spacial score (nSPS) is 19.4. The fourth-order valence-electron chi connectivity index (χ4n) is 2.12. The number of alkyl halides is 3. The summed E-state index contributed by atoms with van der Waals surface area (Å²) in [7, 11) is 1.87. The van der Waals surface area contributed by atoms with Crippen molar-refractivity contribution in [2.45, 2.75) is 19.1 Å². The molecule has 2 rings (SSSR count). The number of hydrogen-bond acceptors (Lipinski definition) is 5. The first kappa shape index (κ1) is 15.5. The van der Waals surface area contributed by atoms with E-state index in [1.54, 1.807) is 11.3 Å². The minimum absolute atomic E-state index is 0.187. The summed E-state index contributed by atoms with van der Waals surface area (Å²) in [6.45, 7) is 3.25. The van der Waals surface area contributed by atoms with Gasteiger partial charge in [-0.1, -0.05) is 0 Å². The van der Waals surface area contributed by atoms with Gasteiger partial charge in [0.15, 0.2) is 5.13 Å². The van der Waals surface area contributed by atoms with Gasteiger partial charge in [-0.2, -0.15) is 13.2 Å². The van der Waals surface area contributed by atoms with Crippen molar-refractivity contribution in [1.29, 1.82) is 0 Å². The Morgan fingerprint density at radius 2 is 2.00 bits per heavy atom. The van der Waals surface area contributed by atoms with Crippen LogP contribution in [0.2, 0.25) is 0 Å². The molecule has 1 aliphatic heterocycles. The monoisotopic (exact) mass is 308 g/mol. The van der Waals surface area contributed by atoms with Gasteiger partial charge in [0.1, 0.15) is 0 Å². The quantitative estimate of drug-likeness (QED) is 0.923. The van der Waals surface area contributed by atoms with Crippen molar-refractivity contribution in [1.82, 2.24) is 15.2 Å². The molecule has 0 aliphatic carbocycles. The molecule has 1 saturated heterocycles. The Bertz CT molecular complexity index is 427. The van der Waals surface area contributed by atoms with Gasteiger partial charge < -0.3 is 10.2 Å². The zero-order valence-corrected chi connectivity index (χ0v) is 12.4. The Labute approximate surface area is 120 Å². The van der Waals surface area contributed by atoms with E-state index < -0.39 is 12.7 Å². The third-order valence-electron chi connectivity index (χ3n) is 3.43. The molecule has 0 bridgehead atoms. The maximum Gasteiger partial charge on any atom is 0.401 e. The number of thiazole rings is 1. The summed E-state index contributed by atoms with van der Waals surface area (Å²) < 4.78 is 37.0. The maximum atomic E-state index is 12.3. The van der Waals surface area contributed by atoms with Crippen LogP contribution < -0.4 is 10.2 Å². The van der Waals surface area contributed by atoms with Crippen LogP contribution >= 0.6 is 11.3 Å². The average molecular weight is 308 g/mol. The van der Waals surface area contributed by atoms with Crippen molar-refractivity contribution in [2.75, 3.05) is 44.7 Å². The van der Waals surface area contributed by atoms with Gasteiger partial charge in [-0.05, 0) is 14.0 Å². The van der Waals surface area contributed by atoms with Crippen molar-refractivity contribution in [3.8, 4) is 0 Å². The number of nitrogens with zero attached hydrogens (tertiary/aromatic N) is 3. The van der Waals surface area contributed by atoms with Crippen molar-refractivity contribution < 1.29 is 13.2 Å². The van der Waals surface area contributed by atoms with Crippen LogP contribution in [0.25, 0.3) is 0 Å². The highest BCUT2D eigenvalue weighted by atomic mass is 32.1. The highest BCUT2D eigenvalue weighted by Gasteiger charge is 2.32. The number of rotatable bonds is 4. The molecule has 1 fully saturated rings. The lowest BCUT2D eigenvalue weighted by molar-refractivity contribution is -0.146. The summed E-state index contributed by atoms with van der Waals surface area (Å²) in [5, 5.41) is 6.02. The van der Waals surface area contributed by atoms with E-state index in [0.717, 1.165) is 10.8 Å². The van der Waals surface area contributed by atoms with Crippen molar-refractivity contribution in [2.24, 2.45) is 0 Å². The molecular formula is C12H19F3N4S. The zero-order valence-electron chi connectivity index (χ0n) is 11.6. The lowest BCUT2D eigenvalue weighted by Crippen LogP contribution is -2.49. The number of halogens is 3. The molecule has 4 nitrogen and oxygen atoms in total. The van der Waals surface area contributed by atoms with Crippen molar-refractivity contribution in [3.05, 3.63) is 11.1 Å². The van der Waals surface area contributed by atoms with Gasteiger partial charge in [0, 0.05) is 37.6 Å². The van der Waals surface area contributed by atoms with E-state index in [2.05, 4.69) is 15.2 Å². The molecule has 0 radical (unpaired) electrons. The average Bonchev–Trinajstić information content (AvgIpc) is 2.86. The minimum atomic E-state index is -4.11. The van der Waals surface area contributed by atoms with E-state index in [0.29, 0.717) is 26.2 Å². The molecule has 0 saturated carbocycles. The molecule has 8 heteroatoms. The van der Waals surface area contributed by atoms with Crippen LogP contribution in [0, 0.1) is 0 Å². The van der Waals surface area contributed by atoms with Crippen LogP contribution in [0.15, 0.2) is 5.38 Å². The number of anilines is 1. The first-order chi connectivity index (χ1) is 9.39. The second-order valence-electron chi connectivity index (χ2n) is 4.94. The van der Waals surface area contributed by atoms with Crippen LogP contribution in [-0.2, 0) is 0 Å². The molecule has 1 atom stereocenters. The molecule has 1 aromatic rings. The SMILES string of the molecule is CNC(C)c1csc(N2CCN(CC(F)(F)F)CC2)n1. The molecule has 20 heavy (non-hydrogen) atoms. The lowest BCUT2D eigenvalue weighted by Gasteiger charge is -2.34. The van der Waals surface area contributed by atoms with Gasteiger partial charge in [-0.3, -0.25) is 4.90 Å². The molecule has 0 amide bonds. The zero-order chi connectivity index (χ0) is 14.8. The molecule has 0 spiro atoms. The summed E-state index contributed by atoms with van der Waals surface area (Å²) in [5.41, 5.74) is 0.977. The van der Waals surface area contributed by atoms with Crippen LogP contribution in [-0.4, -0.2) is 55.8 Å². The summed E-state index contributed by atoms with van der Waals surface area (Å²) in [6, 6.07) is 0.187. The third kappa shape index (κ3) is 4.07. The van der Waals surface area contributed by atoms with Gasteiger partial charge in [0.25, 0.3) is 0 Å². The number of aromatic nitrogens is 1. The van der Waals surface area contributed by atoms with E-state index in [9.17, 15) is 13.2 Å². The molecule has 1 aromatic heterocycles. The maximum absolute atomic E-state index is 12.3. The summed E-state index contributed by atoms with van der Waals surface area (Å²) in [4.78, 5) is 8.05. The molecule has 1 unspecified atom stereocenters. The molecule has 114 valence electrons. The Morgan fingerprint density at radius 3 is 2.55 bits per heavy atom. The van der Waals surface area contributed by atoms with Crippen LogP contribution in [0.5, 0.6) is 0 Å². The molecule has 1 aliphatic rings. The van der Waals surface area contributed by atoms with Gasteiger partial charge in [-0.15, -0.1) is 11.3 Å². The van der Waals surface area contributed by atoms with E-state index in [1.165, 1.54) is 4.90 Å². The standard InChI is InChI=1S/C12H19F3N4S/c1-9(16-2)10-7-20-11(17-10)19-5-3-18(4-6-19)8-12(13,14)15/h7,9,16H,3-6,8H2,1-2H3. The second kappa shape index (κ2) is 6.28. The van der Waals surface area contributed by atoms with Crippen LogP contribution in [0.3, 0.4) is 0 Å².